The van der Waals surface area contributed by atoms with E-state index in [2.05, 4.69) is 64.6 Å². The van der Waals surface area contributed by atoms with Gasteiger partial charge in [-0.1, -0.05) is 26.0 Å². The minimum absolute atomic E-state index is 0.469. The van der Waals surface area contributed by atoms with Crippen LogP contribution in [0.1, 0.15) is 45.6 Å². The number of methoxy groups -OCH3 is 2. The number of hydrogen-bond acceptors (Lipinski definition) is 6. The van der Waals surface area contributed by atoms with Gasteiger partial charge in [-0.25, -0.2) is 4.98 Å². The molecule has 7 rings (SSSR count). The Bertz CT molecular complexity index is 1540. The lowest BCUT2D eigenvalue weighted by molar-refractivity contribution is -0.0247. The van der Waals surface area contributed by atoms with Crippen LogP contribution < -0.4 is 14.4 Å². The second kappa shape index (κ2) is 10.4. The first-order valence-electron chi connectivity index (χ1n) is 15.1. The molecule has 2 aromatic heterocycles. The molecule has 2 aliphatic heterocycles. The smallest absolute Gasteiger partial charge is 0.161 e. The standard InChI is InChI=1S/C34H41N5O2/c1-23(2)20-37-21-34(22-37)13-15-38(16-14-34)26-8-5-24(6-9-26)28-18-30-29(19-35-28)36-33(39(30)27-10-11-27)25-7-12-31(40-3)32(17-25)41-4/h5-9,12,17-19,23,27H,10-11,13-16,20-22H2,1-4H3. The fourth-order valence-electron chi connectivity index (χ4n) is 6.98. The van der Waals surface area contributed by atoms with E-state index in [0.29, 0.717) is 17.2 Å². The maximum atomic E-state index is 5.57. The van der Waals surface area contributed by atoms with Gasteiger partial charge in [0.05, 0.1) is 31.6 Å². The summed E-state index contributed by atoms with van der Waals surface area (Å²) in [4.78, 5) is 15.1. The summed E-state index contributed by atoms with van der Waals surface area (Å²) in [6, 6.07) is 17.7. The highest BCUT2D eigenvalue weighted by Crippen LogP contribution is 2.44. The van der Waals surface area contributed by atoms with Gasteiger partial charge < -0.3 is 23.8 Å². The molecule has 2 saturated heterocycles. The number of pyridine rings is 1. The molecule has 0 bridgehead atoms. The summed E-state index contributed by atoms with van der Waals surface area (Å²) >= 11 is 0. The van der Waals surface area contributed by atoms with Crippen molar-refractivity contribution >= 4 is 16.7 Å². The van der Waals surface area contributed by atoms with Gasteiger partial charge in [-0.15, -0.1) is 0 Å². The summed E-state index contributed by atoms with van der Waals surface area (Å²) in [5.74, 6) is 3.15. The number of fused-ring (bicyclic) bond motifs is 1. The summed E-state index contributed by atoms with van der Waals surface area (Å²) in [5, 5.41) is 0. The van der Waals surface area contributed by atoms with Crippen molar-refractivity contribution in [2.75, 3.05) is 51.8 Å². The Labute approximate surface area is 243 Å². The minimum atomic E-state index is 0.469. The first-order valence-corrected chi connectivity index (χ1v) is 15.1. The highest BCUT2D eigenvalue weighted by atomic mass is 16.5. The van der Waals surface area contributed by atoms with Gasteiger partial charge in [0.25, 0.3) is 0 Å². The summed E-state index contributed by atoms with van der Waals surface area (Å²) in [7, 11) is 3.33. The van der Waals surface area contributed by atoms with Crippen molar-refractivity contribution in [2.24, 2.45) is 11.3 Å². The molecule has 41 heavy (non-hydrogen) atoms. The fraction of sp³-hybridized carbons (Fsp3) is 0.471. The number of benzene rings is 2. The molecule has 4 aromatic rings. The molecule has 214 valence electrons. The van der Waals surface area contributed by atoms with E-state index in [1.165, 1.54) is 51.0 Å². The molecule has 4 heterocycles. The summed E-state index contributed by atoms with van der Waals surface area (Å²) in [6.07, 6.45) is 6.87. The van der Waals surface area contributed by atoms with Gasteiger partial charge >= 0.3 is 0 Å². The van der Waals surface area contributed by atoms with Crippen molar-refractivity contribution in [2.45, 2.75) is 45.6 Å². The summed E-state index contributed by atoms with van der Waals surface area (Å²) in [5.41, 5.74) is 7.10. The average molecular weight is 552 g/mol. The van der Waals surface area contributed by atoms with E-state index in [0.717, 1.165) is 58.4 Å². The zero-order valence-corrected chi connectivity index (χ0v) is 24.8. The molecule has 3 aliphatic rings. The van der Waals surface area contributed by atoms with E-state index in [-0.39, 0.29) is 0 Å². The first-order chi connectivity index (χ1) is 19.9. The van der Waals surface area contributed by atoms with Crippen LogP contribution in [-0.2, 0) is 0 Å². The molecular formula is C34H41N5O2. The number of hydrogen-bond donors (Lipinski definition) is 0. The van der Waals surface area contributed by atoms with Crippen LogP contribution in [0.2, 0.25) is 0 Å². The normalized spacial score (nSPS) is 18.7. The van der Waals surface area contributed by atoms with Crippen molar-refractivity contribution < 1.29 is 9.47 Å². The predicted octanol–water partition coefficient (Wildman–Crippen LogP) is 6.68. The molecule has 1 saturated carbocycles. The molecule has 0 N–H and O–H groups in total. The van der Waals surface area contributed by atoms with Crippen molar-refractivity contribution in [3.8, 4) is 34.1 Å². The zero-order valence-electron chi connectivity index (χ0n) is 24.8. The van der Waals surface area contributed by atoms with Crippen LogP contribution in [0.4, 0.5) is 5.69 Å². The van der Waals surface area contributed by atoms with Crippen LogP contribution in [0.15, 0.2) is 54.7 Å². The molecule has 0 unspecified atom stereocenters. The van der Waals surface area contributed by atoms with E-state index in [4.69, 9.17) is 19.4 Å². The lowest BCUT2D eigenvalue weighted by atomic mass is 9.71. The Kier molecular flexibility index (Phi) is 6.65. The Hall–Kier alpha value is -3.58. The largest absolute Gasteiger partial charge is 0.493 e. The number of aromatic nitrogens is 3. The second-order valence-corrected chi connectivity index (χ2v) is 12.8. The average Bonchev–Trinajstić information content (AvgIpc) is 3.75. The van der Waals surface area contributed by atoms with E-state index >= 15 is 0 Å². The Morgan fingerprint density at radius 1 is 0.902 bits per heavy atom. The van der Waals surface area contributed by atoms with Crippen LogP contribution in [0.5, 0.6) is 11.5 Å². The Morgan fingerprint density at radius 2 is 1.61 bits per heavy atom. The molecule has 7 heteroatoms. The lowest BCUT2D eigenvalue weighted by Gasteiger charge is -2.55. The third-order valence-corrected chi connectivity index (χ3v) is 9.22. The molecule has 7 nitrogen and oxygen atoms in total. The molecule has 3 fully saturated rings. The highest BCUT2D eigenvalue weighted by molar-refractivity contribution is 5.84. The quantitative estimate of drug-likeness (QED) is 0.244. The van der Waals surface area contributed by atoms with Gasteiger partial charge in [0.15, 0.2) is 11.5 Å². The van der Waals surface area contributed by atoms with Crippen LogP contribution in [-0.4, -0.2) is 66.4 Å². The number of rotatable bonds is 8. The number of piperidine rings is 1. The van der Waals surface area contributed by atoms with Crippen molar-refractivity contribution in [1.82, 2.24) is 19.4 Å². The molecule has 0 radical (unpaired) electrons. The van der Waals surface area contributed by atoms with Gasteiger partial charge in [-0.2, -0.15) is 0 Å². The second-order valence-electron chi connectivity index (χ2n) is 12.8. The molecule has 1 spiro atoms. The topological polar surface area (TPSA) is 55.7 Å². The van der Waals surface area contributed by atoms with Crippen molar-refractivity contribution in [3.63, 3.8) is 0 Å². The van der Waals surface area contributed by atoms with Crippen molar-refractivity contribution in [3.05, 3.63) is 54.7 Å². The van der Waals surface area contributed by atoms with E-state index in [1.807, 2.05) is 18.3 Å². The monoisotopic (exact) mass is 551 g/mol. The number of ether oxygens (including phenoxy) is 2. The number of likely N-dealkylation sites (tertiary alicyclic amines) is 1. The zero-order chi connectivity index (χ0) is 28.1. The molecule has 1 aliphatic carbocycles. The van der Waals surface area contributed by atoms with Gasteiger partial charge in [0, 0.05) is 55.6 Å². The van der Waals surface area contributed by atoms with E-state index in [9.17, 15) is 0 Å². The SMILES string of the molecule is COc1ccc(-c2nc3cnc(-c4ccc(N5CCC6(CC5)CN(CC(C)C)C6)cc4)cc3n2C2CC2)cc1OC. The third-order valence-electron chi connectivity index (χ3n) is 9.22. The lowest BCUT2D eigenvalue weighted by Crippen LogP contribution is -2.60. The maximum absolute atomic E-state index is 5.57. The highest BCUT2D eigenvalue weighted by Gasteiger charge is 2.44. The number of nitrogens with zero attached hydrogens (tertiary/aromatic N) is 5. The Balaban J connectivity index is 1.10. The molecular weight excluding hydrogens is 510 g/mol. The first kappa shape index (κ1) is 26.3. The predicted molar refractivity (Wildman–Crippen MR) is 165 cm³/mol. The number of imidazole rings is 1. The summed E-state index contributed by atoms with van der Waals surface area (Å²) in [6.45, 7) is 10.8. The van der Waals surface area contributed by atoms with E-state index < -0.39 is 0 Å². The van der Waals surface area contributed by atoms with Gasteiger partial charge in [0.1, 0.15) is 11.3 Å². The van der Waals surface area contributed by atoms with Crippen LogP contribution >= 0.6 is 0 Å². The van der Waals surface area contributed by atoms with Crippen LogP contribution in [0.3, 0.4) is 0 Å². The van der Waals surface area contributed by atoms with Crippen LogP contribution in [0, 0.1) is 11.3 Å². The van der Waals surface area contributed by atoms with Crippen LogP contribution in [0.25, 0.3) is 33.7 Å². The molecule has 0 amide bonds. The molecule has 0 atom stereocenters. The van der Waals surface area contributed by atoms with Gasteiger partial charge in [-0.05, 0) is 73.4 Å². The van der Waals surface area contributed by atoms with Gasteiger partial charge in [-0.3, -0.25) is 4.98 Å². The number of anilines is 1. The molecule has 2 aromatic carbocycles. The fourth-order valence-corrected chi connectivity index (χ4v) is 6.98. The summed E-state index contributed by atoms with van der Waals surface area (Å²) < 4.78 is 13.4. The van der Waals surface area contributed by atoms with E-state index in [1.54, 1.807) is 14.2 Å². The maximum Gasteiger partial charge on any atom is 0.161 e. The van der Waals surface area contributed by atoms with Gasteiger partial charge in [0.2, 0.25) is 0 Å². The Morgan fingerprint density at radius 3 is 2.27 bits per heavy atom. The van der Waals surface area contributed by atoms with Crippen molar-refractivity contribution in [1.29, 1.82) is 0 Å². The third kappa shape index (κ3) is 4.94. The minimum Gasteiger partial charge on any atom is -0.493 e.